The Hall–Kier alpha value is -4.57. The lowest BCUT2D eigenvalue weighted by molar-refractivity contribution is -0.255. The summed E-state index contributed by atoms with van der Waals surface area (Å²) in [4.78, 5) is 19.2. The lowest BCUT2D eigenvalue weighted by Crippen LogP contribution is -2.57. The molecule has 1 spiro atoms. The molecule has 9 heteroatoms. The molecule has 8 unspecified atom stereocenters. The Bertz CT molecular complexity index is 2140. The van der Waals surface area contributed by atoms with Crippen molar-refractivity contribution in [2.24, 2.45) is 28.6 Å². The van der Waals surface area contributed by atoms with Gasteiger partial charge in [0, 0.05) is 29.3 Å². The molecule has 0 aliphatic heterocycles. The molecule has 0 radical (unpaired) electrons. The number of hydrogen-bond donors (Lipinski definition) is 1. The summed E-state index contributed by atoms with van der Waals surface area (Å²) in [6, 6.07) is 33.6. The average Bonchev–Trinajstić information content (AvgIpc) is 3.88. The van der Waals surface area contributed by atoms with E-state index in [1.165, 1.54) is 12.1 Å². The summed E-state index contributed by atoms with van der Waals surface area (Å²) in [5.41, 5.74) is -0.194. The first-order valence-electron chi connectivity index (χ1n) is 20.5. The molecule has 4 aromatic carbocycles. The molecule has 4 aliphatic rings. The van der Waals surface area contributed by atoms with Gasteiger partial charge in [-0.15, -0.1) is 0 Å². The minimum Gasteiger partial charge on any atom is -0.381 e. The number of hydrogen-bond acceptors (Lipinski definition) is 5. The number of carbonyl (C=O) groups excluding carboxylic acids is 1. The van der Waals surface area contributed by atoms with E-state index >= 15 is 13.2 Å². The van der Waals surface area contributed by atoms with Crippen LogP contribution in [0, 0.1) is 34.4 Å². The Morgan fingerprint density at radius 2 is 1.51 bits per heavy atom. The third-order valence-electron chi connectivity index (χ3n) is 13.9. The minimum atomic E-state index is -4.26. The van der Waals surface area contributed by atoms with Gasteiger partial charge in [0.25, 0.3) is 0 Å². The van der Waals surface area contributed by atoms with Crippen LogP contribution in [0.4, 0.5) is 13.2 Å². The van der Waals surface area contributed by atoms with Crippen LogP contribution in [0.2, 0.25) is 0 Å². The number of halogens is 3. The van der Waals surface area contributed by atoms with Crippen LogP contribution in [0.3, 0.4) is 0 Å². The zero-order chi connectivity index (χ0) is 39.6. The number of Topliss-reactive ketones (excluding diaryl/α,β-unsaturated/α-hetero) is 1. The number of rotatable bonds is 15. The van der Waals surface area contributed by atoms with E-state index < -0.39 is 40.1 Å². The Labute approximate surface area is 332 Å². The molecule has 4 saturated carbocycles. The highest BCUT2D eigenvalue weighted by molar-refractivity contribution is 5.93. The summed E-state index contributed by atoms with van der Waals surface area (Å²) < 4.78 is 64.3. The number of ketones is 1. The Balaban J connectivity index is 1.07. The van der Waals surface area contributed by atoms with E-state index in [-0.39, 0.29) is 53.2 Å². The first-order valence-corrected chi connectivity index (χ1v) is 20.5. The third kappa shape index (κ3) is 5.78. The van der Waals surface area contributed by atoms with Crippen molar-refractivity contribution in [2.75, 3.05) is 6.61 Å². The van der Waals surface area contributed by atoms with E-state index in [1.807, 2.05) is 109 Å². The summed E-state index contributed by atoms with van der Waals surface area (Å²) in [6.45, 7) is 4.62. The number of nitrogens with zero attached hydrogens (tertiary/aromatic N) is 2. The second-order valence-corrected chi connectivity index (χ2v) is 17.0. The maximum absolute atomic E-state index is 16.9. The van der Waals surface area contributed by atoms with Crippen LogP contribution < -0.4 is 0 Å². The Morgan fingerprint density at radius 3 is 2.11 bits per heavy atom. The molecule has 4 aliphatic carbocycles. The largest absolute Gasteiger partial charge is 0.381 e. The fraction of sp³-hybridized carbons (Fsp3) is 0.417. The van der Waals surface area contributed by atoms with E-state index in [0.29, 0.717) is 25.9 Å². The van der Waals surface area contributed by atoms with Crippen LogP contribution in [0.1, 0.15) is 87.2 Å². The van der Waals surface area contributed by atoms with E-state index in [4.69, 9.17) is 14.5 Å². The molecule has 0 amide bonds. The fourth-order valence-corrected chi connectivity index (χ4v) is 11.8. The molecule has 3 bridgehead atoms. The first kappa shape index (κ1) is 38.0. The summed E-state index contributed by atoms with van der Waals surface area (Å²) >= 11 is 0. The third-order valence-corrected chi connectivity index (χ3v) is 13.9. The molecule has 296 valence electrons. The lowest BCUT2D eigenvalue weighted by Gasteiger charge is -2.56. The molecular formula is C48H49F3N2O4. The zero-order valence-corrected chi connectivity index (χ0v) is 32.4. The smallest absolute Gasteiger partial charge is 0.335 e. The standard InChI is InChI=1S/C48H49F3N2O4/c1-3-23-56-40(4-2)57-42-36-24-31-25-45(27-37(42)46(36,26-31)29-45)44(55)48(50,51)43(54)41-35(21-14-22-38(41)49)39-28-53(30-52-39)47(32-15-8-5-9-16-32,33-17-10-6-11-18-33)34-19-12-7-13-20-34/h5-22,28,30-31,36-37,40,42-43,54H,3-4,23-27,29H2,1-2H3. The van der Waals surface area contributed by atoms with Crippen molar-refractivity contribution in [3.63, 3.8) is 0 Å². The van der Waals surface area contributed by atoms with Gasteiger partial charge < -0.3 is 19.1 Å². The van der Waals surface area contributed by atoms with E-state index in [0.717, 1.165) is 42.0 Å². The first-order chi connectivity index (χ1) is 27.6. The van der Waals surface area contributed by atoms with Crippen molar-refractivity contribution in [2.45, 2.75) is 88.8 Å². The van der Waals surface area contributed by atoms with Crippen molar-refractivity contribution < 1.29 is 32.5 Å². The second-order valence-electron chi connectivity index (χ2n) is 17.0. The predicted molar refractivity (Wildman–Crippen MR) is 211 cm³/mol. The van der Waals surface area contributed by atoms with Gasteiger partial charge in [0.2, 0.25) is 5.78 Å². The zero-order valence-electron chi connectivity index (χ0n) is 32.4. The van der Waals surface area contributed by atoms with Crippen LogP contribution in [-0.2, 0) is 19.8 Å². The Morgan fingerprint density at radius 1 is 0.877 bits per heavy atom. The summed E-state index contributed by atoms with van der Waals surface area (Å²) in [5, 5.41) is 11.7. The molecule has 5 aromatic rings. The van der Waals surface area contributed by atoms with Gasteiger partial charge in [0.05, 0.1) is 18.1 Å². The molecular weight excluding hydrogens is 726 g/mol. The molecule has 9 rings (SSSR count). The van der Waals surface area contributed by atoms with Gasteiger partial charge in [0.1, 0.15) is 11.4 Å². The summed E-state index contributed by atoms with van der Waals surface area (Å²) in [5.74, 6) is -6.28. The van der Waals surface area contributed by atoms with Gasteiger partial charge in [-0.05, 0) is 90.9 Å². The molecule has 0 saturated heterocycles. The highest BCUT2D eigenvalue weighted by atomic mass is 19.3. The molecule has 8 atom stereocenters. The number of alkyl halides is 2. The molecule has 4 fully saturated rings. The van der Waals surface area contributed by atoms with Gasteiger partial charge in [-0.2, -0.15) is 8.78 Å². The van der Waals surface area contributed by atoms with Crippen LogP contribution in [0.5, 0.6) is 0 Å². The highest BCUT2D eigenvalue weighted by Crippen LogP contribution is 2.80. The topological polar surface area (TPSA) is 73.6 Å². The SMILES string of the molecule is CCCOC(CC)OC1C2CC3CC4(C(=O)C(F)(F)C(O)c5c(F)cccc5-c5cn(C(c6ccccc6)(c6ccccc6)c6ccccc6)cn5)CC1C2(C3)C4. The van der Waals surface area contributed by atoms with E-state index in [9.17, 15) is 9.90 Å². The van der Waals surface area contributed by atoms with Crippen molar-refractivity contribution >= 4 is 5.78 Å². The monoisotopic (exact) mass is 774 g/mol. The maximum atomic E-state index is 16.9. The van der Waals surface area contributed by atoms with Crippen molar-refractivity contribution in [3.05, 3.63) is 150 Å². The fourth-order valence-electron chi connectivity index (χ4n) is 11.8. The van der Waals surface area contributed by atoms with Crippen molar-refractivity contribution in [1.82, 2.24) is 9.55 Å². The van der Waals surface area contributed by atoms with Gasteiger partial charge >= 0.3 is 5.92 Å². The van der Waals surface area contributed by atoms with Gasteiger partial charge in [-0.1, -0.05) is 117 Å². The summed E-state index contributed by atoms with van der Waals surface area (Å²) in [6.07, 6.45) is 4.35. The van der Waals surface area contributed by atoms with Crippen molar-refractivity contribution in [1.29, 1.82) is 0 Å². The molecule has 1 aromatic heterocycles. The number of carbonyl (C=O) groups is 1. The van der Waals surface area contributed by atoms with Crippen LogP contribution in [-0.4, -0.2) is 45.4 Å². The molecule has 1 N–H and O–H groups in total. The quantitative estimate of drug-likeness (QED) is 0.0847. The normalized spacial score (nSPS) is 27.2. The molecule has 6 nitrogen and oxygen atoms in total. The van der Waals surface area contributed by atoms with Crippen LogP contribution >= 0.6 is 0 Å². The van der Waals surface area contributed by atoms with E-state index in [2.05, 4.69) is 0 Å². The minimum absolute atomic E-state index is 0.00526. The van der Waals surface area contributed by atoms with Crippen LogP contribution in [0.25, 0.3) is 11.3 Å². The average molecular weight is 775 g/mol. The number of aromatic nitrogens is 2. The Kier molecular flexibility index (Phi) is 9.57. The number of benzene rings is 4. The molecule has 57 heavy (non-hydrogen) atoms. The highest BCUT2D eigenvalue weighted by Gasteiger charge is 2.78. The number of fused-ring (bicyclic) bond motifs is 2. The number of aliphatic hydroxyl groups excluding tert-OH is 1. The predicted octanol–water partition coefficient (Wildman–Crippen LogP) is 10.1. The maximum Gasteiger partial charge on any atom is 0.335 e. The van der Waals surface area contributed by atoms with E-state index in [1.54, 1.807) is 12.5 Å². The number of ether oxygens (including phenoxy) is 2. The van der Waals surface area contributed by atoms with Gasteiger partial charge in [-0.25, -0.2) is 9.37 Å². The van der Waals surface area contributed by atoms with Crippen LogP contribution in [0.15, 0.2) is 122 Å². The lowest BCUT2D eigenvalue weighted by atomic mass is 9.53. The number of aliphatic hydroxyl groups is 1. The van der Waals surface area contributed by atoms with Gasteiger partial charge in [-0.3, -0.25) is 4.79 Å². The van der Waals surface area contributed by atoms with Gasteiger partial charge in [0.15, 0.2) is 12.4 Å². The summed E-state index contributed by atoms with van der Waals surface area (Å²) in [7, 11) is 0. The second kappa shape index (κ2) is 14.4. The van der Waals surface area contributed by atoms with Crippen molar-refractivity contribution in [3.8, 4) is 11.3 Å². The molecule has 1 heterocycles. The number of imidazole rings is 1.